The Morgan fingerprint density at radius 3 is 2.38 bits per heavy atom. The summed E-state index contributed by atoms with van der Waals surface area (Å²) >= 11 is 0. The highest BCUT2D eigenvalue weighted by atomic mass is 16.7. The van der Waals surface area contributed by atoms with Gasteiger partial charge in [-0.25, -0.2) is 4.79 Å². The van der Waals surface area contributed by atoms with Crippen LogP contribution in [-0.2, 0) is 19.0 Å². The first kappa shape index (κ1) is 19.4. The zero-order chi connectivity index (χ0) is 18.4. The maximum Gasteiger partial charge on any atom is 0.409 e. The molecule has 3 fully saturated rings. The Hall–Kier alpha value is -1.38. The number of rotatable bonds is 5. The number of nitrogens with zero attached hydrogens (tertiary/aromatic N) is 2. The van der Waals surface area contributed by atoms with Crippen LogP contribution in [0.3, 0.4) is 0 Å². The number of hydrogen-bond donors (Lipinski definition) is 1. The molecule has 0 saturated carbocycles. The van der Waals surface area contributed by atoms with Crippen molar-refractivity contribution in [1.29, 1.82) is 0 Å². The van der Waals surface area contributed by atoms with Crippen LogP contribution in [-0.4, -0.2) is 86.2 Å². The van der Waals surface area contributed by atoms with Crippen LogP contribution in [0.5, 0.6) is 0 Å². The van der Waals surface area contributed by atoms with Gasteiger partial charge in [-0.05, 0) is 19.8 Å². The van der Waals surface area contributed by atoms with Crippen molar-refractivity contribution in [2.75, 3.05) is 52.5 Å². The highest BCUT2D eigenvalue weighted by Crippen LogP contribution is 2.31. The van der Waals surface area contributed by atoms with Crippen molar-refractivity contribution < 1.29 is 23.8 Å². The van der Waals surface area contributed by atoms with Gasteiger partial charge in [-0.1, -0.05) is 0 Å². The average molecular weight is 369 g/mol. The lowest BCUT2D eigenvalue weighted by atomic mass is 10.0. The second-order valence-electron chi connectivity index (χ2n) is 7.23. The summed E-state index contributed by atoms with van der Waals surface area (Å²) in [4.78, 5) is 27.9. The van der Waals surface area contributed by atoms with Crippen LogP contribution < -0.4 is 5.32 Å². The number of amides is 2. The van der Waals surface area contributed by atoms with Gasteiger partial charge in [0.15, 0.2) is 5.79 Å². The van der Waals surface area contributed by atoms with Gasteiger partial charge in [0, 0.05) is 58.0 Å². The Labute approximate surface area is 155 Å². The molecule has 2 amide bonds. The molecule has 0 radical (unpaired) electrons. The lowest BCUT2D eigenvalue weighted by Gasteiger charge is -2.37. The highest BCUT2D eigenvalue weighted by Gasteiger charge is 2.39. The Bertz CT molecular complexity index is 477. The van der Waals surface area contributed by atoms with E-state index in [0.29, 0.717) is 39.3 Å². The molecule has 3 saturated heterocycles. The third-order valence-electron chi connectivity index (χ3n) is 5.47. The molecule has 0 aromatic heterocycles. The van der Waals surface area contributed by atoms with Crippen LogP contribution in [0.15, 0.2) is 0 Å². The minimum atomic E-state index is -0.356. The molecule has 8 heteroatoms. The largest absolute Gasteiger partial charge is 0.450 e. The van der Waals surface area contributed by atoms with E-state index in [1.807, 2.05) is 0 Å². The number of hydrogen-bond acceptors (Lipinski definition) is 6. The van der Waals surface area contributed by atoms with Crippen LogP contribution in [0.4, 0.5) is 4.79 Å². The van der Waals surface area contributed by atoms with Gasteiger partial charge in [0.2, 0.25) is 5.91 Å². The van der Waals surface area contributed by atoms with E-state index < -0.39 is 0 Å². The molecule has 0 aromatic carbocycles. The third kappa shape index (κ3) is 5.08. The van der Waals surface area contributed by atoms with Crippen LogP contribution in [0.25, 0.3) is 0 Å². The zero-order valence-electron chi connectivity index (χ0n) is 15.7. The van der Waals surface area contributed by atoms with Gasteiger partial charge in [-0.3, -0.25) is 4.79 Å². The van der Waals surface area contributed by atoms with E-state index >= 15 is 0 Å². The lowest BCUT2D eigenvalue weighted by molar-refractivity contribution is -0.185. The van der Waals surface area contributed by atoms with Gasteiger partial charge >= 0.3 is 6.09 Å². The van der Waals surface area contributed by atoms with E-state index in [-0.39, 0.29) is 23.8 Å². The first-order valence-electron chi connectivity index (χ1n) is 9.81. The second-order valence-corrected chi connectivity index (χ2v) is 7.23. The summed E-state index contributed by atoms with van der Waals surface area (Å²) in [5, 5.41) is 3.10. The van der Waals surface area contributed by atoms with Crippen molar-refractivity contribution in [2.24, 2.45) is 0 Å². The predicted octanol–water partition coefficient (Wildman–Crippen LogP) is 0.953. The molecular formula is C18H31N3O5. The van der Waals surface area contributed by atoms with E-state index in [0.717, 1.165) is 45.3 Å². The number of carbonyl (C=O) groups is 2. The molecule has 0 atom stereocenters. The van der Waals surface area contributed by atoms with E-state index in [1.54, 1.807) is 11.8 Å². The number of piperidine rings is 2. The number of carbonyl (C=O) groups excluding carboxylic acids is 2. The van der Waals surface area contributed by atoms with Gasteiger partial charge in [-0.15, -0.1) is 0 Å². The molecule has 148 valence electrons. The standard InChI is InChI=1S/C18H31N3O5/c1-2-24-17(23)21-9-3-15(4-10-21)19-16(22)5-8-20-11-6-18(7-12-20)25-13-14-26-18/h15H,2-14H2,1H3,(H,19,22). The van der Waals surface area contributed by atoms with Crippen molar-refractivity contribution in [1.82, 2.24) is 15.1 Å². The number of likely N-dealkylation sites (tertiary alicyclic amines) is 2. The third-order valence-corrected chi connectivity index (χ3v) is 5.47. The molecule has 0 unspecified atom stereocenters. The van der Waals surface area contributed by atoms with Crippen LogP contribution >= 0.6 is 0 Å². The fourth-order valence-corrected chi connectivity index (χ4v) is 3.88. The van der Waals surface area contributed by atoms with Crippen molar-refractivity contribution in [3.05, 3.63) is 0 Å². The summed E-state index contributed by atoms with van der Waals surface area (Å²) in [7, 11) is 0. The number of nitrogens with one attached hydrogen (secondary N) is 1. The molecule has 26 heavy (non-hydrogen) atoms. The molecule has 3 aliphatic heterocycles. The summed E-state index contributed by atoms with van der Waals surface area (Å²) in [6.45, 7) is 7.44. The van der Waals surface area contributed by atoms with Gasteiger partial charge in [0.1, 0.15) is 0 Å². The van der Waals surface area contributed by atoms with Crippen molar-refractivity contribution in [3.8, 4) is 0 Å². The molecule has 8 nitrogen and oxygen atoms in total. The van der Waals surface area contributed by atoms with Crippen LogP contribution in [0.1, 0.15) is 39.0 Å². The predicted molar refractivity (Wildman–Crippen MR) is 94.7 cm³/mol. The Morgan fingerprint density at radius 1 is 1.12 bits per heavy atom. The van der Waals surface area contributed by atoms with Gasteiger partial charge in [-0.2, -0.15) is 0 Å². The zero-order valence-corrected chi connectivity index (χ0v) is 15.7. The number of ether oxygens (including phenoxy) is 3. The van der Waals surface area contributed by atoms with Crippen molar-refractivity contribution >= 4 is 12.0 Å². The monoisotopic (exact) mass is 369 g/mol. The quantitative estimate of drug-likeness (QED) is 0.777. The van der Waals surface area contributed by atoms with E-state index in [1.165, 1.54) is 0 Å². The Balaban J connectivity index is 1.30. The summed E-state index contributed by atoms with van der Waals surface area (Å²) < 4.78 is 16.5. The maximum atomic E-state index is 12.2. The molecular weight excluding hydrogens is 338 g/mol. The maximum absolute atomic E-state index is 12.2. The Morgan fingerprint density at radius 2 is 1.77 bits per heavy atom. The second kappa shape index (κ2) is 9.01. The summed E-state index contributed by atoms with van der Waals surface area (Å²) in [6.07, 6.45) is 3.57. The molecule has 0 aliphatic carbocycles. The topological polar surface area (TPSA) is 80.3 Å². The van der Waals surface area contributed by atoms with Gasteiger partial charge in [0.25, 0.3) is 0 Å². The van der Waals surface area contributed by atoms with E-state index in [2.05, 4.69) is 10.2 Å². The molecule has 3 aliphatic rings. The van der Waals surface area contributed by atoms with Crippen molar-refractivity contribution in [2.45, 2.75) is 50.9 Å². The molecule has 3 heterocycles. The minimum Gasteiger partial charge on any atom is -0.450 e. The lowest BCUT2D eigenvalue weighted by Crippen LogP contribution is -2.48. The molecule has 1 N–H and O–H groups in total. The van der Waals surface area contributed by atoms with E-state index in [9.17, 15) is 9.59 Å². The molecule has 1 spiro atoms. The molecule has 0 bridgehead atoms. The summed E-state index contributed by atoms with van der Waals surface area (Å²) in [5.74, 6) is -0.265. The summed E-state index contributed by atoms with van der Waals surface area (Å²) in [5.41, 5.74) is 0. The van der Waals surface area contributed by atoms with Gasteiger partial charge in [0.05, 0.1) is 19.8 Å². The van der Waals surface area contributed by atoms with Crippen LogP contribution in [0.2, 0.25) is 0 Å². The van der Waals surface area contributed by atoms with E-state index in [4.69, 9.17) is 14.2 Å². The first-order valence-corrected chi connectivity index (χ1v) is 9.81. The average Bonchev–Trinajstić information content (AvgIpc) is 3.10. The molecule has 3 rings (SSSR count). The fourth-order valence-electron chi connectivity index (χ4n) is 3.88. The fraction of sp³-hybridized carbons (Fsp3) is 0.889. The molecule has 0 aromatic rings. The van der Waals surface area contributed by atoms with Gasteiger partial charge < -0.3 is 29.3 Å². The normalized spacial score (nSPS) is 24.0. The first-order chi connectivity index (χ1) is 12.6. The highest BCUT2D eigenvalue weighted by molar-refractivity contribution is 5.76. The smallest absolute Gasteiger partial charge is 0.409 e. The minimum absolute atomic E-state index is 0.0910. The Kier molecular flexibility index (Phi) is 6.72. The van der Waals surface area contributed by atoms with Crippen molar-refractivity contribution in [3.63, 3.8) is 0 Å². The van der Waals surface area contributed by atoms with Crippen LogP contribution in [0, 0.1) is 0 Å². The summed E-state index contributed by atoms with van der Waals surface area (Å²) in [6, 6.07) is 0.151. The SMILES string of the molecule is CCOC(=O)N1CCC(NC(=O)CCN2CCC3(CC2)OCCO3)CC1.